The fraction of sp³-hybridized carbons (Fsp3) is 0.125. The van der Waals surface area contributed by atoms with E-state index in [9.17, 15) is 14.7 Å². The van der Waals surface area contributed by atoms with Crippen molar-refractivity contribution in [1.82, 2.24) is 0 Å². The monoisotopic (exact) mass is 304 g/mol. The number of phenols is 2. The van der Waals surface area contributed by atoms with Gasteiger partial charge in [0.2, 0.25) is 0 Å². The molecule has 0 aliphatic carbocycles. The fourth-order valence-corrected chi connectivity index (χ4v) is 1.76. The molecular formula is C16H16O6. The van der Waals surface area contributed by atoms with Crippen LogP contribution in [0.25, 0.3) is 0 Å². The van der Waals surface area contributed by atoms with Gasteiger partial charge in [-0.25, -0.2) is 9.59 Å². The highest BCUT2D eigenvalue weighted by atomic mass is 16.4. The first-order valence-electron chi connectivity index (χ1n) is 6.29. The molecule has 0 aliphatic rings. The van der Waals surface area contributed by atoms with E-state index in [1.807, 2.05) is 0 Å². The van der Waals surface area contributed by atoms with E-state index in [0.717, 1.165) is 0 Å². The molecule has 0 aliphatic heterocycles. The number of aryl methyl sites for hydroxylation is 2. The Morgan fingerprint density at radius 2 is 1.36 bits per heavy atom. The lowest BCUT2D eigenvalue weighted by atomic mass is 10.1. The molecule has 2 aromatic rings. The molecule has 0 saturated carbocycles. The molecule has 116 valence electrons. The van der Waals surface area contributed by atoms with E-state index in [2.05, 4.69) is 0 Å². The highest BCUT2D eigenvalue weighted by molar-refractivity contribution is 5.92. The largest absolute Gasteiger partial charge is 0.507 e. The summed E-state index contributed by atoms with van der Waals surface area (Å²) in [4.78, 5) is 20.9. The van der Waals surface area contributed by atoms with Crippen LogP contribution in [0.15, 0.2) is 36.4 Å². The molecule has 2 rings (SSSR count). The zero-order valence-electron chi connectivity index (χ0n) is 12.1. The Morgan fingerprint density at radius 1 is 0.818 bits per heavy atom. The fourth-order valence-electron chi connectivity index (χ4n) is 1.76. The van der Waals surface area contributed by atoms with E-state index in [4.69, 9.17) is 15.3 Å². The van der Waals surface area contributed by atoms with Gasteiger partial charge in [0.05, 0.1) is 0 Å². The Hall–Kier alpha value is -3.02. The van der Waals surface area contributed by atoms with Crippen molar-refractivity contribution in [2.24, 2.45) is 0 Å². The summed E-state index contributed by atoms with van der Waals surface area (Å²) in [5, 5.41) is 35.4. The number of carboxylic acid groups (broad SMARTS) is 2. The van der Waals surface area contributed by atoms with E-state index >= 15 is 0 Å². The Bertz CT molecular complexity index is 686. The third kappa shape index (κ3) is 3.99. The third-order valence-electron chi connectivity index (χ3n) is 2.93. The van der Waals surface area contributed by atoms with Crippen molar-refractivity contribution in [2.45, 2.75) is 13.8 Å². The van der Waals surface area contributed by atoms with Crippen molar-refractivity contribution >= 4 is 11.9 Å². The van der Waals surface area contributed by atoms with Gasteiger partial charge in [0.15, 0.2) is 0 Å². The molecule has 0 unspecified atom stereocenters. The second-order valence-electron chi connectivity index (χ2n) is 4.55. The molecule has 0 radical (unpaired) electrons. The first-order chi connectivity index (χ1) is 10.3. The Balaban J connectivity index is 0.000000220. The second kappa shape index (κ2) is 7.12. The Labute approximate surface area is 126 Å². The standard InChI is InChI=1S/2C8H8O3/c1-5-3-2-4-6(9)7(5)8(10)11;1-5-3-2-4-6(7(5)9)8(10)11/h2*2-4,9H,1H3,(H,10,11). The molecule has 2 aromatic carbocycles. The lowest BCUT2D eigenvalue weighted by Crippen LogP contribution is -1.99. The highest BCUT2D eigenvalue weighted by Gasteiger charge is 2.11. The van der Waals surface area contributed by atoms with Gasteiger partial charge in [0.1, 0.15) is 22.6 Å². The van der Waals surface area contributed by atoms with Crippen LogP contribution in [0.4, 0.5) is 0 Å². The van der Waals surface area contributed by atoms with E-state index in [1.54, 1.807) is 38.1 Å². The maximum Gasteiger partial charge on any atom is 0.339 e. The summed E-state index contributed by atoms with van der Waals surface area (Å²) < 4.78 is 0. The molecule has 0 atom stereocenters. The molecule has 6 nitrogen and oxygen atoms in total. The van der Waals surface area contributed by atoms with Crippen LogP contribution in [0.5, 0.6) is 11.5 Å². The van der Waals surface area contributed by atoms with Gasteiger partial charge in [0, 0.05) is 0 Å². The zero-order chi connectivity index (χ0) is 16.9. The summed E-state index contributed by atoms with van der Waals surface area (Å²) in [5.74, 6) is -2.54. The highest BCUT2D eigenvalue weighted by Crippen LogP contribution is 2.21. The number of hydrogen-bond acceptors (Lipinski definition) is 4. The van der Waals surface area contributed by atoms with Crippen molar-refractivity contribution in [2.75, 3.05) is 0 Å². The van der Waals surface area contributed by atoms with Gasteiger partial charge in [-0.15, -0.1) is 0 Å². The molecule has 6 heteroatoms. The number of aromatic hydroxyl groups is 2. The summed E-state index contributed by atoms with van der Waals surface area (Å²) in [6, 6.07) is 9.22. The maximum absolute atomic E-state index is 10.5. The minimum Gasteiger partial charge on any atom is -0.507 e. The van der Waals surface area contributed by atoms with Crippen molar-refractivity contribution in [3.8, 4) is 11.5 Å². The minimum absolute atomic E-state index is 0.0208. The summed E-state index contributed by atoms with van der Waals surface area (Å²) in [6.45, 7) is 3.30. The van der Waals surface area contributed by atoms with Crippen LogP contribution in [0.3, 0.4) is 0 Å². The number of hydrogen-bond donors (Lipinski definition) is 4. The average Bonchev–Trinajstić information content (AvgIpc) is 2.41. The predicted molar refractivity (Wildman–Crippen MR) is 79.6 cm³/mol. The molecule has 0 amide bonds. The molecule has 22 heavy (non-hydrogen) atoms. The minimum atomic E-state index is -1.11. The van der Waals surface area contributed by atoms with Crippen LogP contribution in [0.1, 0.15) is 31.8 Å². The van der Waals surface area contributed by atoms with Gasteiger partial charge in [-0.3, -0.25) is 0 Å². The van der Waals surface area contributed by atoms with Crippen molar-refractivity contribution in [1.29, 1.82) is 0 Å². The number of aromatic carboxylic acids is 2. The van der Waals surface area contributed by atoms with Crippen molar-refractivity contribution in [3.63, 3.8) is 0 Å². The van der Waals surface area contributed by atoms with Gasteiger partial charge in [-0.2, -0.15) is 0 Å². The van der Waals surface area contributed by atoms with Crippen LogP contribution in [-0.4, -0.2) is 32.4 Å². The molecule has 0 bridgehead atoms. The molecule has 0 fully saturated rings. The van der Waals surface area contributed by atoms with Gasteiger partial charge >= 0.3 is 11.9 Å². The lowest BCUT2D eigenvalue weighted by molar-refractivity contribution is 0.0682. The first kappa shape index (κ1) is 17.0. The summed E-state index contributed by atoms with van der Waals surface area (Å²) in [5.41, 5.74) is 1.07. The maximum atomic E-state index is 10.5. The van der Waals surface area contributed by atoms with Gasteiger partial charge in [-0.05, 0) is 37.1 Å². The Morgan fingerprint density at radius 3 is 1.77 bits per heavy atom. The molecule has 0 spiro atoms. The molecule has 0 saturated heterocycles. The lowest BCUT2D eigenvalue weighted by Gasteiger charge is -2.01. The van der Waals surface area contributed by atoms with E-state index in [1.165, 1.54) is 12.1 Å². The van der Waals surface area contributed by atoms with Gasteiger partial charge < -0.3 is 20.4 Å². The predicted octanol–water partition coefficient (Wildman–Crippen LogP) is 2.80. The molecule has 0 heterocycles. The normalized spacial score (nSPS) is 9.55. The smallest absolute Gasteiger partial charge is 0.339 e. The summed E-state index contributed by atoms with van der Waals surface area (Å²) in [6.07, 6.45) is 0. The summed E-state index contributed by atoms with van der Waals surface area (Å²) in [7, 11) is 0. The number of carboxylic acids is 2. The van der Waals surface area contributed by atoms with E-state index < -0.39 is 11.9 Å². The van der Waals surface area contributed by atoms with Crippen LogP contribution >= 0.6 is 0 Å². The summed E-state index contributed by atoms with van der Waals surface area (Å²) >= 11 is 0. The Kier molecular flexibility index (Phi) is 5.51. The second-order valence-corrected chi connectivity index (χ2v) is 4.55. The average molecular weight is 304 g/mol. The van der Waals surface area contributed by atoms with Gasteiger partial charge in [-0.1, -0.05) is 24.3 Å². The van der Waals surface area contributed by atoms with Crippen molar-refractivity contribution in [3.05, 3.63) is 58.7 Å². The number of rotatable bonds is 2. The van der Waals surface area contributed by atoms with E-state index in [-0.39, 0.29) is 22.6 Å². The van der Waals surface area contributed by atoms with Crippen LogP contribution in [0, 0.1) is 13.8 Å². The number of para-hydroxylation sites is 1. The zero-order valence-corrected chi connectivity index (χ0v) is 12.1. The van der Waals surface area contributed by atoms with Crippen molar-refractivity contribution < 1.29 is 30.0 Å². The number of carbonyl (C=O) groups is 2. The van der Waals surface area contributed by atoms with Crippen LogP contribution < -0.4 is 0 Å². The topological polar surface area (TPSA) is 115 Å². The molecular weight excluding hydrogens is 288 g/mol. The quantitative estimate of drug-likeness (QED) is 0.678. The molecule has 0 aromatic heterocycles. The van der Waals surface area contributed by atoms with Crippen LogP contribution in [-0.2, 0) is 0 Å². The molecule has 4 N–H and O–H groups in total. The van der Waals surface area contributed by atoms with Crippen LogP contribution in [0.2, 0.25) is 0 Å². The third-order valence-corrected chi connectivity index (χ3v) is 2.93. The number of benzene rings is 2. The SMILES string of the molecule is Cc1cccc(C(=O)O)c1O.Cc1cccc(O)c1C(=O)O. The first-order valence-corrected chi connectivity index (χ1v) is 6.29. The van der Waals surface area contributed by atoms with E-state index in [0.29, 0.717) is 11.1 Å². The van der Waals surface area contributed by atoms with Gasteiger partial charge in [0.25, 0.3) is 0 Å².